The normalized spacial score (nSPS) is 28.9. The molecule has 3 unspecified atom stereocenters. The van der Waals surface area contributed by atoms with Gasteiger partial charge in [0, 0.05) is 7.11 Å². The van der Waals surface area contributed by atoms with Crippen LogP contribution in [0, 0.1) is 5.92 Å². The van der Waals surface area contributed by atoms with Crippen molar-refractivity contribution in [2.45, 2.75) is 44.0 Å². The number of methoxy groups -OCH3 is 1. The van der Waals surface area contributed by atoms with Crippen LogP contribution in [0.25, 0.3) is 0 Å². The van der Waals surface area contributed by atoms with E-state index in [0.717, 1.165) is 19.3 Å². The SMILES string of the molecule is COC1CCCC(S(=O)(=O)CC(C)CN)C1. The van der Waals surface area contributed by atoms with E-state index < -0.39 is 9.84 Å². The highest BCUT2D eigenvalue weighted by atomic mass is 32.2. The Morgan fingerprint density at radius 1 is 1.44 bits per heavy atom. The molecule has 0 aromatic carbocycles. The fourth-order valence-corrected chi connectivity index (χ4v) is 4.48. The van der Waals surface area contributed by atoms with Crippen LogP contribution in [-0.2, 0) is 14.6 Å². The molecule has 4 nitrogen and oxygen atoms in total. The van der Waals surface area contributed by atoms with Gasteiger partial charge < -0.3 is 10.5 Å². The Labute approximate surface area is 98.5 Å². The molecule has 0 radical (unpaired) electrons. The van der Waals surface area contributed by atoms with Crippen LogP contribution in [0.1, 0.15) is 32.6 Å². The number of hydrogen-bond acceptors (Lipinski definition) is 4. The standard InChI is InChI=1S/C11H23NO3S/c1-9(7-12)8-16(13,14)11-5-3-4-10(6-11)15-2/h9-11H,3-8,12H2,1-2H3. The molecule has 0 spiro atoms. The zero-order valence-electron chi connectivity index (χ0n) is 10.2. The smallest absolute Gasteiger partial charge is 0.153 e. The summed E-state index contributed by atoms with van der Waals surface area (Å²) in [5.41, 5.74) is 5.47. The Balaban J connectivity index is 2.61. The average molecular weight is 249 g/mol. The maximum Gasteiger partial charge on any atom is 0.153 e. The van der Waals surface area contributed by atoms with Gasteiger partial charge in [-0.25, -0.2) is 8.42 Å². The summed E-state index contributed by atoms with van der Waals surface area (Å²) < 4.78 is 29.5. The molecule has 0 amide bonds. The molecule has 1 rings (SSSR count). The van der Waals surface area contributed by atoms with Crippen molar-refractivity contribution in [3.8, 4) is 0 Å². The highest BCUT2D eigenvalue weighted by molar-refractivity contribution is 7.92. The third-order valence-electron chi connectivity index (χ3n) is 3.34. The van der Waals surface area contributed by atoms with Crippen molar-refractivity contribution in [2.24, 2.45) is 11.7 Å². The number of rotatable bonds is 5. The number of ether oxygens (including phenoxy) is 1. The minimum Gasteiger partial charge on any atom is -0.381 e. The average Bonchev–Trinajstić information content (AvgIpc) is 2.28. The van der Waals surface area contributed by atoms with Gasteiger partial charge in [0.1, 0.15) is 0 Å². The Hall–Kier alpha value is -0.130. The van der Waals surface area contributed by atoms with Crippen molar-refractivity contribution >= 4 is 9.84 Å². The Kier molecular flexibility index (Phi) is 5.21. The van der Waals surface area contributed by atoms with Gasteiger partial charge in [0.05, 0.1) is 17.1 Å². The summed E-state index contributed by atoms with van der Waals surface area (Å²) in [4.78, 5) is 0. The molecule has 3 atom stereocenters. The van der Waals surface area contributed by atoms with Gasteiger partial charge in [-0.15, -0.1) is 0 Å². The number of hydrogen-bond donors (Lipinski definition) is 1. The Morgan fingerprint density at radius 2 is 2.12 bits per heavy atom. The molecule has 1 saturated carbocycles. The first-order valence-electron chi connectivity index (χ1n) is 5.94. The summed E-state index contributed by atoms with van der Waals surface area (Å²) in [5.74, 6) is 0.262. The van der Waals surface area contributed by atoms with Gasteiger partial charge in [-0.3, -0.25) is 0 Å². The fourth-order valence-electron chi connectivity index (χ4n) is 2.24. The van der Waals surface area contributed by atoms with E-state index in [1.807, 2.05) is 6.92 Å². The summed E-state index contributed by atoms with van der Waals surface area (Å²) in [5, 5.41) is -0.222. The molecule has 0 aromatic rings. The second-order valence-corrected chi connectivity index (χ2v) is 7.14. The van der Waals surface area contributed by atoms with Gasteiger partial charge in [0.2, 0.25) is 0 Å². The lowest BCUT2D eigenvalue weighted by atomic mass is 9.97. The van der Waals surface area contributed by atoms with E-state index in [2.05, 4.69) is 0 Å². The van der Waals surface area contributed by atoms with Crippen molar-refractivity contribution in [2.75, 3.05) is 19.4 Å². The van der Waals surface area contributed by atoms with Gasteiger partial charge in [0.15, 0.2) is 9.84 Å². The molecule has 96 valence electrons. The van der Waals surface area contributed by atoms with Gasteiger partial charge in [-0.1, -0.05) is 6.92 Å². The molecular formula is C11H23NO3S. The van der Waals surface area contributed by atoms with Crippen molar-refractivity contribution in [3.05, 3.63) is 0 Å². The topological polar surface area (TPSA) is 69.4 Å². The molecular weight excluding hydrogens is 226 g/mol. The molecule has 1 fully saturated rings. The van der Waals surface area contributed by atoms with E-state index in [0.29, 0.717) is 13.0 Å². The van der Waals surface area contributed by atoms with Crippen molar-refractivity contribution in [3.63, 3.8) is 0 Å². The summed E-state index contributed by atoms with van der Waals surface area (Å²) in [6.45, 7) is 2.31. The van der Waals surface area contributed by atoms with Gasteiger partial charge >= 0.3 is 0 Å². The van der Waals surface area contributed by atoms with Gasteiger partial charge in [0.25, 0.3) is 0 Å². The third-order valence-corrected chi connectivity index (χ3v) is 5.82. The minimum atomic E-state index is -3.00. The van der Waals surface area contributed by atoms with E-state index in [9.17, 15) is 8.42 Å². The zero-order chi connectivity index (χ0) is 12.2. The predicted octanol–water partition coefficient (Wildman–Crippen LogP) is 0.954. The number of sulfone groups is 1. The lowest BCUT2D eigenvalue weighted by Crippen LogP contribution is -2.35. The van der Waals surface area contributed by atoms with Crippen LogP contribution in [0.15, 0.2) is 0 Å². The quantitative estimate of drug-likeness (QED) is 0.787. The summed E-state index contributed by atoms with van der Waals surface area (Å²) in [7, 11) is -1.34. The molecule has 0 aromatic heterocycles. The maximum absolute atomic E-state index is 12.1. The zero-order valence-corrected chi connectivity index (χ0v) is 11.0. The first kappa shape index (κ1) is 13.9. The lowest BCUT2D eigenvalue weighted by molar-refractivity contribution is 0.0720. The van der Waals surface area contributed by atoms with Crippen LogP contribution >= 0.6 is 0 Å². The molecule has 2 N–H and O–H groups in total. The van der Waals surface area contributed by atoms with Gasteiger partial charge in [-0.05, 0) is 38.1 Å². The van der Waals surface area contributed by atoms with Crippen molar-refractivity contribution < 1.29 is 13.2 Å². The highest BCUT2D eigenvalue weighted by Gasteiger charge is 2.32. The molecule has 0 aliphatic heterocycles. The molecule has 16 heavy (non-hydrogen) atoms. The van der Waals surface area contributed by atoms with Gasteiger partial charge in [-0.2, -0.15) is 0 Å². The monoisotopic (exact) mass is 249 g/mol. The molecule has 0 bridgehead atoms. The van der Waals surface area contributed by atoms with Crippen LogP contribution < -0.4 is 5.73 Å². The van der Waals surface area contributed by atoms with Crippen LogP contribution in [0.5, 0.6) is 0 Å². The van der Waals surface area contributed by atoms with E-state index >= 15 is 0 Å². The van der Waals surface area contributed by atoms with Crippen LogP contribution in [0.2, 0.25) is 0 Å². The second-order valence-electron chi connectivity index (χ2n) is 4.82. The van der Waals surface area contributed by atoms with Crippen molar-refractivity contribution in [1.82, 2.24) is 0 Å². The molecule has 0 heterocycles. The molecule has 5 heteroatoms. The molecule has 1 aliphatic carbocycles. The minimum absolute atomic E-state index is 0.0490. The van der Waals surface area contributed by atoms with Crippen molar-refractivity contribution in [1.29, 1.82) is 0 Å². The van der Waals surface area contributed by atoms with Crippen LogP contribution in [0.3, 0.4) is 0 Å². The van der Waals surface area contributed by atoms with E-state index in [1.165, 1.54) is 0 Å². The van der Waals surface area contributed by atoms with Crippen LogP contribution in [-0.4, -0.2) is 39.2 Å². The van der Waals surface area contributed by atoms with E-state index in [-0.39, 0.29) is 23.0 Å². The van der Waals surface area contributed by atoms with Crippen LogP contribution in [0.4, 0.5) is 0 Å². The molecule has 1 aliphatic rings. The summed E-state index contributed by atoms with van der Waals surface area (Å²) in [6, 6.07) is 0. The second kappa shape index (κ2) is 5.98. The first-order chi connectivity index (χ1) is 7.49. The van der Waals surface area contributed by atoms with E-state index in [1.54, 1.807) is 7.11 Å². The molecule has 0 saturated heterocycles. The Morgan fingerprint density at radius 3 is 2.69 bits per heavy atom. The van der Waals surface area contributed by atoms with E-state index in [4.69, 9.17) is 10.5 Å². The first-order valence-corrected chi connectivity index (χ1v) is 7.65. The Bertz CT molecular complexity index is 302. The number of nitrogens with two attached hydrogens (primary N) is 1. The lowest BCUT2D eigenvalue weighted by Gasteiger charge is -2.28. The fraction of sp³-hybridized carbons (Fsp3) is 1.00. The third kappa shape index (κ3) is 3.71. The largest absolute Gasteiger partial charge is 0.381 e. The summed E-state index contributed by atoms with van der Waals surface area (Å²) in [6.07, 6.45) is 3.46. The highest BCUT2D eigenvalue weighted by Crippen LogP contribution is 2.27. The predicted molar refractivity (Wildman–Crippen MR) is 65.1 cm³/mol. The maximum atomic E-state index is 12.1. The summed E-state index contributed by atoms with van der Waals surface area (Å²) >= 11 is 0.